The molecule has 3 aromatic heterocycles. The van der Waals surface area contributed by atoms with Crippen LogP contribution in [0.1, 0.15) is 56.6 Å². The van der Waals surface area contributed by atoms with Crippen LogP contribution in [-0.2, 0) is 9.53 Å². The number of carbonyl (C=O) groups excluding carboxylic acids is 2. The molecule has 3 atom stereocenters. The molecule has 1 spiro atoms. The number of urea groups is 1. The van der Waals surface area contributed by atoms with E-state index in [0.29, 0.717) is 66.1 Å². The number of piperidine rings is 1. The smallest absolute Gasteiger partial charge is 0.328 e. The number of benzene rings is 2. The van der Waals surface area contributed by atoms with Crippen LogP contribution in [0.4, 0.5) is 37.8 Å². The standard InChI is InChI=1S/C47H54FN11O4/c1-29-24-58(45-37(29)18-33(23-50-45)57-13-10-43(61)51-46(57)62)34-21-47(22-34)11-14-54(15-12-47)27-35-28-55(16-17-63-35)40-19-30(8-9-38(40)48)59-31-6-7-32(59)26-56(25-31)41-20-39(52-53-44(41)49)36-4-2-3-5-42(36)60/h2-5,8-9,18-20,23-24,31-32,34-35,60H,6-7,10-17,21-22,25-28H2,1H3,(H2,49,53)(H,51,61,62)/t31?,32?,35-/m1/s1. The number of fused-ring (bicyclic) bond motifs is 3. The van der Waals surface area contributed by atoms with Gasteiger partial charge in [-0.1, -0.05) is 12.1 Å². The van der Waals surface area contributed by atoms with Gasteiger partial charge in [-0.3, -0.25) is 15.0 Å². The molecule has 6 aliphatic rings. The van der Waals surface area contributed by atoms with Gasteiger partial charge in [0.2, 0.25) is 5.91 Å². The topological polar surface area (TPSA) is 161 Å². The summed E-state index contributed by atoms with van der Waals surface area (Å²) in [5.74, 6) is 0.0696. The lowest BCUT2D eigenvalue weighted by Gasteiger charge is -2.53. The number of likely N-dealkylation sites (tertiary alicyclic amines) is 1. The number of aryl methyl sites for hydroxylation is 1. The van der Waals surface area contributed by atoms with E-state index in [1.54, 1.807) is 29.3 Å². The number of hydrogen-bond acceptors (Lipinski definition) is 12. The second-order valence-corrected chi connectivity index (χ2v) is 18.7. The SMILES string of the molecule is Cc1cn(C2CC3(CCN(C[C@@H]4CN(c5cc(N6C7CCC6CN(c6cc(-c8ccccc8O)nnc6N)C7)ccc5F)CCO4)CC3)C2)c2ncc(N3CCC(=O)NC3=O)cc12. The van der Waals surface area contributed by atoms with Gasteiger partial charge in [0, 0.05) is 86.6 Å². The molecule has 6 fully saturated rings. The third kappa shape index (κ3) is 7.26. The zero-order valence-corrected chi connectivity index (χ0v) is 35.6. The van der Waals surface area contributed by atoms with E-state index in [1.807, 2.05) is 30.3 Å². The van der Waals surface area contributed by atoms with Crippen LogP contribution in [-0.4, -0.2) is 119 Å². The van der Waals surface area contributed by atoms with Gasteiger partial charge in [0.25, 0.3) is 0 Å². The summed E-state index contributed by atoms with van der Waals surface area (Å²) in [5.41, 5.74) is 13.2. The maximum absolute atomic E-state index is 15.7. The Bertz CT molecular complexity index is 2570. The third-order valence-corrected chi connectivity index (χ3v) is 14.8. The number of anilines is 5. The van der Waals surface area contributed by atoms with Gasteiger partial charge in [0.05, 0.1) is 41.7 Å². The van der Waals surface area contributed by atoms with E-state index in [2.05, 4.69) is 58.9 Å². The number of nitrogens with two attached hydrogens (primary N) is 1. The first kappa shape index (κ1) is 39.8. The normalized spacial score (nSPS) is 24.1. The number of phenols is 1. The number of pyridine rings is 1. The highest BCUT2D eigenvalue weighted by Crippen LogP contribution is 2.55. The molecule has 63 heavy (non-hydrogen) atoms. The Balaban J connectivity index is 0.703. The lowest BCUT2D eigenvalue weighted by Crippen LogP contribution is -2.54. The predicted molar refractivity (Wildman–Crippen MR) is 240 cm³/mol. The molecule has 328 valence electrons. The van der Waals surface area contributed by atoms with E-state index in [-0.39, 0.29) is 42.1 Å². The molecule has 3 amide bonds. The number of aromatic hydroxyl groups is 1. The molecular weight excluding hydrogens is 802 g/mol. The monoisotopic (exact) mass is 855 g/mol. The number of rotatable bonds is 8. The first-order valence-electron chi connectivity index (χ1n) is 22.5. The van der Waals surface area contributed by atoms with Crippen molar-refractivity contribution >= 4 is 51.5 Å². The van der Waals surface area contributed by atoms with Crippen molar-refractivity contribution in [3.8, 4) is 17.0 Å². The van der Waals surface area contributed by atoms with E-state index < -0.39 is 6.03 Å². The lowest BCUT2D eigenvalue weighted by atomic mass is 9.60. The van der Waals surface area contributed by atoms with Crippen molar-refractivity contribution in [2.45, 2.75) is 76.1 Å². The van der Waals surface area contributed by atoms with Crippen molar-refractivity contribution in [1.82, 2.24) is 30.0 Å². The molecule has 5 aromatic rings. The van der Waals surface area contributed by atoms with Gasteiger partial charge in [0.15, 0.2) is 5.82 Å². The van der Waals surface area contributed by atoms with Crippen LogP contribution >= 0.6 is 0 Å². The fourth-order valence-electron chi connectivity index (χ4n) is 11.5. The van der Waals surface area contributed by atoms with Crippen LogP contribution in [0.3, 0.4) is 0 Å². The van der Waals surface area contributed by atoms with Crippen molar-refractivity contribution in [2.75, 3.05) is 84.3 Å². The summed E-state index contributed by atoms with van der Waals surface area (Å²) in [6.45, 7) is 8.69. The number of imide groups is 1. The maximum atomic E-state index is 15.7. The second kappa shape index (κ2) is 15.7. The number of carbonyl (C=O) groups is 2. The largest absolute Gasteiger partial charge is 0.507 e. The number of phenolic OH excluding ortho intramolecular Hbond substituents is 1. The van der Waals surface area contributed by atoms with Gasteiger partial charge in [-0.2, -0.15) is 0 Å². The van der Waals surface area contributed by atoms with Gasteiger partial charge in [0.1, 0.15) is 17.2 Å². The Hall–Kier alpha value is -6.00. The van der Waals surface area contributed by atoms with E-state index in [0.717, 1.165) is 99.2 Å². The van der Waals surface area contributed by atoms with Crippen LogP contribution in [0.15, 0.2) is 67.0 Å². The highest BCUT2D eigenvalue weighted by Gasteiger charge is 2.47. The minimum atomic E-state index is -0.396. The molecular formula is C47H54FN11O4. The fourth-order valence-corrected chi connectivity index (χ4v) is 11.5. The number of ether oxygens (including phenoxy) is 1. The zero-order chi connectivity index (χ0) is 43.0. The quantitative estimate of drug-likeness (QED) is 0.171. The van der Waals surface area contributed by atoms with Gasteiger partial charge in [-0.05, 0) is 112 Å². The number of nitrogens with zero attached hydrogens (tertiary/aromatic N) is 9. The Labute approximate surface area is 365 Å². The van der Waals surface area contributed by atoms with E-state index in [4.69, 9.17) is 15.5 Å². The van der Waals surface area contributed by atoms with Crippen LogP contribution < -0.4 is 30.7 Å². The van der Waals surface area contributed by atoms with Crippen molar-refractivity contribution in [1.29, 1.82) is 0 Å². The van der Waals surface area contributed by atoms with E-state index >= 15 is 4.39 Å². The van der Waals surface area contributed by atoms with E-state index in [1.165, 1.54) is 0 Å². The van der Waals surface area contributed by atoms with Crippen LogP contribution in [0.5, 0.6) is 5.75 Å². The molecule has 15 nitrogen and oxygen atoms in total. The summed E-state index contributed by atoms with van der Waals surface area (Å²) < 4.78 is 24.4. The minimum absolute atomic E-state index is 0.00600. The van der Waals surface area contributed by atoms with Crippen molar-refractivity contribution in [3.63, 3.8) is 0 Å². The molecule has 2 unspecified atom stereocenters. The number of aromatic nitrogens is 4. The Kier molecular flexibility index (Phi) is 9.90. The van der Waals surface area contributed by atoms with Crippen LogP contribution in [0.2, 0.25) is 0 Å². The number of halogens is 1. The number of para-hydroxylation sites is 1. The summed E-state index contributed by atoms with van der Waals surface area (Å²) in [4.78, 5) is 40.1. The maximum Gasteiger partial charge on any atom is 0.328 e. The second-order valence-electron chi connectivity index (χ2n) is 18.7. The van der Waals surface area contributed by atoms with Gasteiger partial charge in [-0.15, -0.1) is 10.2 Å². The summed E-state index contributed by atoms with van der Waals surface area (Å²) in [6.07, 6.45) is 10.8. The minimum Gasteiger partial charge on any atom is -0.507 e. The molecule has 16 heteroatoms. The summed E-state index contributed by atoms with van der Waals surface area (Å²) in [5, 5.41) is 22.5. The van der Waals surface area contributed by atoms with Crippen LogP contribution in [0, 0.1) is 18.2 Å². The van der Waals surface area contributed by atoms with Gasteiger partial charge in [-0.25, -0.2) is 14.2 Å². The number of nitrogens with one attached hydrogen (secondary N) is 1. The highest BCUT2D eigenvalue weighted by molar-refractivity contribution is 6.06. The molecule has 5 aliphatic heterocycles. The molecule has 2 aromatic carbocycles. The van der Waals surface area contributed by atoms with Crippen LogP contribution in [0.25, 0.3) is 22.3 Å². The zero-order valence-electron chi connectivity index (χ0n) is 35.6. The molecule has 0 radical (unpaired) electrons. The molecule has 1 saturated carbocycles. The molecule has 5 saturated heterocycles. The lowest BCUT2D eigenvalue weighted by molar-refractivity contribution is -0.120. The average Bonchev–Trinajstić information content (AvgIpc) is 3.74. The van der Waals surface area contributed by atoms with Crippen molar-refractivity contribution < 1.29 is 23.8 Å². The first-order valence-corrected chi connectivity index (χ1v) is 22.5. The van der Waals surface area contributed by atoms with Gasteiger partial charge >= 0.3 is 6.03 Å². The van der Waals surface area contributed by atoms with Crippen molar-refractivity contribution in [2.24, 2.45) is 5.41 Å². The summed E-state index contributed by atoms with van der Waals surface area (Å²) in [7, 11) is 0. The van der Waals surface area contributed by atoms with Gasteiger partial charge < -0.3 is 39.7 Å². The predicted octanol–water partition coefficient (Wildman–Crippen LogP) is 5.86. The first-order chi connectivity index (χ1) is 30.6. The Morgan fingerprint density at radius 1 is 0.905 bits per heavy atom. The van der Waals surface area contributed by atoms with E-state index in [9.17, 15) is 14.7 Å². The number of nitrogen functional groups attached to an aromatic ring is 1. The molecule has 1 aliphatic carbocycles. The fraction of sp³-hybridized carbons (Fsp3) is 0.468. The Morgan fingerprint density at radius 2 is 1.70 bits per heavy atom. The number of piperazine rings is 1. The van der Waals surface area contributed by atoms with Crippen molar-refractivity contribution in [3.05, 3.63) is 78.4 Å². The molecule has 8 heterocycles. The Morgan fingerprint density at radius 3 is 2.48 bits per heavy atom. The number of amides is 3. The molecule has 2 bridgehead atoms. The highest BCUT2D eigenvalue weighted by atomic mass is 19.1. The number of hydrogen-bond donors (Lipinski definition) is 3. The third-order valence-electron chi connectivity index (χ3n) is 14.8. The molecule has 11 rings (SSSR count). The average molecular weight is 856 g/mol. The summed E-state index contributed by atoms with van der Waals surface area (Å²) >= 11 is 0. The molecule has 4 N–H and O–H groups in total. The summed E-state index contributed by atoms with van der Waals surface area (Å²) in [6, 6.07) is 17.1. The number of morpholine rings is 1.